The summed E-state index contributed by atoms with van der Waals surface area (Å²) < 4.78 is 28.3. The summed E-state index contributed by atoms with van der Waals surface area (Å²) in [6.07, 6.45) is 3.49. The molecular weight excluding hydrogens is 472 g/mol. The summed E-state index contributed by atoms with van der Waals surface area (Å²) in [5.74, 6) is 0.301. The number of likely N-dealkylation sites (tertiary alicyclic amines) is 1. The van der Waals surface area contributed by atoms with E-state index in [9.17, 15) is 23.5 Å². The molecule has 1 saturated heterocycles. The Morgan fingerprint density at radius 1 is 1.26 bits per heavy atom. The van der Waals surface area contributed by atoms with E-state index in [4.69, 9.17) is 5.11 Å². The molecule has 2 N–H and O–H groups in total. The second kappa shape index (κ2) is 12.1. The Morgan fingerprint density at radius 2 is 2.00 bits per heavy atom. The van der Waals surface area contributed by atoms with E-state index in [0.29, 0.717) is 25.7 Å². The Hall–Kier alpha value is -3.02. The smallest absolute Gasteiger partial charge is 0.345 e. The summed E-state index contributed by atoms with van der Waals surface area (Å²) >= 11 is 1.14. The molecule has 0 aliphatic carbocycles. The van der Waals surface area contributed by atoms with Crippen molar-refractivity contribution in [2.45, 2.75) is 57.1 Å². The van der Waals surface area contributed by atoms with Crippen molar-refractivity contribution in [2.24, 2.45) is 5.92 Å². The molecule has 5 nitrogen and oxygen atoms in total. The highest BCUT2D eigenvalue weighted by molar-refractivity contribution is 7.13. The highest BCUT2D eigenvalue weighted by Crippen LogP contribution is 2.34. The third-order valence-corrected chi connectivity index (χ3v) is 7.07. The van der Waals surface area contributed by atoms with Crippen LogP contribution in [0.4, 0.5) is 8.78 Å². The molecular formula is C27H29F2NO4S. The monoisotopic (exact) mass is 501 g/mol. The fourth-order valence-corrected chi connectivity index (χ4v) is 4.75. The Kier molecular flexibility index (Phi) is 9.19. The summed E-state index contributed by atoms with van der Waals surface area (Å²) in [7, 11) is 0. The number of carbonyl (C=O) groups excluding carboxylic acids is 1. The van der Waals surface area contributed by atoms with E-state index in [1.807, 2.05) is 37.3 Å². The molecule has 1 aliphatic heterocycles. The van der Waals surface area contributed by atoms with E-state index in [1.165, 1.54) is 18.2 Å². The maximum atomic E-state index is 14.1. The fourth-order valence-electron chi connectivity index (χ4n) is 3.86. The number of carboxylic acid groups (broad SMARTS) is 1. The first-order valence-electron chi connectivity index (χ1n) is 11.5. The van der Waals surface area contributed by atoms with Gasteiger partial charge in [0.15, 0.2) is 0 Å². The molecule has 0 spiro atoms. The number of nitrogens with zero attached hydrogens (tertiary/aromatic N) is 1. The number of halogens is 2. The maximum absolute atomic E-state index is 14.1. The van der Waals surface area contributed by atoms with Crippen LogP contribution in [0.5, 0.6) is 0 Å². The van der Waals surface area contributed by atoms with Gasteiger partial charge in [-0.15, -0.1) is 17.3 Å². The van der Waals surface area contributed by atoms with Gasteiger partial charge < -0.3 is 15.1 Å². The highest BCUT2D eigenvalue weighted by atomic mass is 32.1. The van der Waals surface area contributed by atoms with Crippen LogP contribution in [-0.4, -0.2) is 51.6 Å². The lowest BCUT2D eigenvalue weighted by atomic mass is 9.99. The number of carboxylic acids is 1. The molecule has 186 valence electrons. The van der Waals surface area contributed by atoms with Crippen LogP contribution in [0.1, 0.15) is 46.3 Å². The van der Waals surface area contributed by atoms with Crippen LogP contribution in [0.3, 0.4) is 0 Å². The van der Waals surface area contributed by atoms with Crippen LogP contribution >= 0.6 is 11.3 Å². The van der Waals surface area contributed by atoms with Gasteiger partial charge in [0.2, 0.25) is 0 Å². The summed E-state index contributed by atoms with van der Waals surface area (Å²) in [4.78, 5) is 25.4. The third-order valence-electron chi connectivity index (χ3n) is 5.93. The number of benzene rings is 1. The van der Waals surface area contributed by atoms with Crippen molar-refractivity contribution in [1.82, 2.24) is 4.90 Å². The Labute approximate surface area is 208 Å². The second-order valence-corrected chi connectivity index (χ2v) is 9.89. The summed E-state index contributed by atoms with van der Waals surface area (Å²) in [6, 6.07) is 12.2. The number of thiophene rings is 1. The minimum atomic E-state index is -3.44. The molecule has 2 aromatic rings. The average Bonchev–Trinajstić information content (AvgIpc) is 3.39. The third kappa shape index (κ3) is 7.48. The summed E-state index contributed by atoms with van der Waals surface area (Å²) in [5.41, 5.74) is 1.11. The van der Waals surface area contributed by atoms with Crippen molar-refractivity contribution in [1.29, 1.82) is 0 Å². The predicted octanol–water partition coefficient (Wildman–Crippen LogP) is 4.80. The molecule has 3 rings (SSSR count). The predicted molar refractivity (Wildman–Crippen MR) is 132 cm³/mol. The normalized spacial score (nSPS) is 18.9. The van der Waals surface area contributed by atoms with Gasteiger partial charge >= 0.3 is 11.9 Å². The van der Waals surface area contributed by atoms with Gasteiger partial charge in [-0.05, 0) is 36.5 Å². The molecule has 0 saturated carbocycles. The van der Waals surface area contributed by atoms with Gasteiger partial charge in [-0.1, -0.05) is 55.3 Å². The van der Waals surface area contributed by atoms with E-state index in [0.717, 1.165) is 26.7 Å². The molecule has 3 atom stereocenters. The average molecular weight is 502 g/mol. The first-order valence-corrected chi connectivity index (χ1v) is 12.4. The number of aryl methyl sites for hydroxylation is 1. The number of aliphatic hydroxyl groups excluding tert-OH is 1. The van der Waals surface area contributed by atoms with Crippen molar-refractivity contribution in [2.75, 3.05) is 6.54 Å². The lowest BCUT2D eigenvalue weighted by Gasteiger charge is -2.22. The minimum Gasteiger partial charge on any atom is -0.477 e. The van der Waals surface area contributed by atoms with Gasteiger partial charge in [0.1, 0.15) is 4.88 Å². The van der Waals surface area contributed by atoms with Crippen molar-refractivity contribution in [3.8, 4) is 11.8 Å². The number of hydrogen-bond acceptors (Lipinski definition) is 4. The second-order valence-electron chi connectivity index (χ2n) is 8.72. The van der Waals surface area contributed by atoms with Crippen molar-refractivity contribution in [3.63, 3.8) is 0 Å². The molecule has 1 aromatic carbocycles. The number of carbonyl (C=O) groups is 2. The zero-order chi connectivity index (χ0) is 25.4. The van der Waals surface area contributed by atoms with Gasteiger partial charge in [-0.25, -0.2) is 4.79 Å². The zero-order valence-corrected chi connectivity index (χ0v) is 20.3. The quantitative estimate of drug-likeness (QED) is 0.362. The van der Waals surface area contributed by atoms with Crippen molar-refractivity contribution in [3.05, 3.63) is 69.9 Å². The van der Waals surface area contributed by atoms with Gasteiger partial charge in [0.05, 0.1) is 12.1 Å². The van der Waals surface area contributed by atoms with Crippen LogP contribution in [0, 0.1) is 17.8 Å². The topological polar surface area (TPSA) is 77.8 Å². The van der Waals surface area contributed by atoms with Crippen LogP contribution in [0.15, 0.2) is 54.6 Å². The van der Waals surface area contributed by atoms with E-state index >= 15 is 0 Å². The van der Waals surface area contributed by atoms with E-state index in [1.54, 1.807) is 6.07 Å². The van der Waals surface area contributed by atoms with E-state index < -0.39 is 36.4 Å². The Bertz CT molecular complexity index is 1100. The molecule has 8 heteroatoms. The fraction of sp³-hybridized carbons (Fsp3) is 0.407. The number of alkyl halides is 2. The summed E-state index contributed by atoms with van der Waals surface area (Å²) in [5, 5.41) is 19.5. The van der Waals surface area contributed by atoms with Crippen molar-refractivity contribution < 1.29 is 28.6 Å². The van der Waals surface area contributed by atoms with Crippen LogP contribution in [0.2, 0.25) is 0 Å². The standard InChI is InChI=1S/C27H29F2NO4S/c1-19(8-5-6-11-20-9-3-2-4-10-20)23(31)15-13-21-18-27(28,29)26(34)30(21)17-7-12-22-14-16-24(35-22)25(32)33/h2-4,9-10,13-16,19,21,23,31H,7-8,11-12,17-18H2,1H3,(H,32,33)/b15-13+/t19-,21+,23-/m1/s1. The highest BCUT2D eigenvalue weighted by Gasteiger charge is 2.52. The van der Waals surface area contributed by atoms with Crippen molar-refractivity contribution >= 4 is 23.2 Å². The number of aromatic carboxylic acids is 1. The molecule has 1 aromatic heterocycles. The largest absolute Gasteiger partial charge is 0.477 e. The first kappa shape index (κ1) is 26.6. The van der Waals surface area contributed by atoms with Gasteiger partial charge in [0.25, 0.3) is 5.91 Å². The molecule has 0 bridgehead atoms. The number of hydrogen-bond donors (Lipinski definition) is 2. The molecule has 1 amide bonds. The Morgan fingerprint density at radius 3 is 2.69 bits per heavy atom. The number of aliphatic hydroxyl groups is 1. The molecule has 1 aliphatic rings. The van der Waals surface area contributed by atoms with Gasteiger partial charge in [-0.3, -0.25) is 4.79 Å². The number of amides is 1. The van der Waals surface area contributed by atoms with E-state index in [-0.39, 0.29) is 17.3 Å². The first-order chi connectivity index (χ1) is 16.7. The van der Waals surface area contributed by atoms with Crippen LogP contribution in [0.25, 0.3) is 0 Å². The molecule has 0 radical (unpaired) electrons. The lowest BCUT2D eigenvalue weighted by molar-refractivity contribution is -0.148. The molecule has 35 heavy (non-hydrogen) atoms. The zero-order valence-electron chi connectivity index (χ0n) is 19.5. The van der Waals surface area contributed by atoms with Crippen LogP contribution in [-0.2, 0) is 17.6 Å². The number of rotatable bonds is 10. The van der Waals surface area contributed by atoms with Gasteiger partial charge in [0, 0.05) is 30.7 Å². The maximum Gasteiger partial charge on any atom is 0.345 e. The summed E-state index contributed by atoms with van der Waals surface area (Å²) in [6.45, 7) is 1.96. The Balaban J connectivity index is 1.53. The van der Waals surface area contributed by atoms with Gasteiger partial charge in [-0.2, -0.15) is 8.78 Å². The minimum absolute atomic E-state index is 0.125. The SMILES string of the molecule is C[C@H](CC#CCc1ccccc1)[C@H](O)/C=C/[C@H]1CC(F)(F)C(=O)N1CCCc1ccc(C(=O)O)s1. The van der Waals surface area contributed by atoms with Crippen LogP contribution < -0.4 is 0 Å². The molecule has 0 unspecified atom stereocenters. The lowest BCUT2D eigenvalue weighted by Crippen LogP contribution is -2.36. The van der Waals surface area contributed by atoms with E-state index in [2.05, 4.69) is 11.8 Å². The molecule has 2 heterocycles. The molecule has 1 fully saturated rings.